The topological polar surface area (TPSA) is 37.4 Å². The Morgan fingerprint density at radius 3 is 2.74 bits per heavy atom. The van der Waals surface area contributed by atoms with Crippen LogP contribution in [-0.4, -0.2) is 43.2 Å². The van der Waals surface area contributed by atoms with E-state index < -0.39 is 0 Å². The molecule has 4 nitrogen and oxygen atoms in total. The second-order valence-electron chi connectivity index (χ2n) is 5.95. The maximum absolute atomic E-state index is 5.30. The minimum atomic E-state index is 0.357. The minimum absolute atomic E-state index is 0.357. The number of nitrogens with zero attached hydrogens (tertiary/aromatic N) is 2. The van der Waals surface area contributed by atoms with Crippen molar-refractivity contribution in [3.63, 3.8) is 0 Å². The first kappa shape index (κ1) is 16.0. The number of rotatable bonds is 5. The lowest BCUT2D eigenvalue weighted by molar-refractivity contribution is 0.208. The summed E-state index contributed by atoms with van der Waals surface area (Å²) in [4.78, 5) is 7.11. The summed E-state index contributed by atoms with van der Waals surface area (Å²) in [5, 5.41) is 3.49. The standard InChI is InChI=1S/C19H25N3O/c1-23-18-8-6-16(7-9-18)19(15-17-5-2-3-11-21-17)22-13-4-10-20-12-14-22/h2-3,5-9,11,19-20H,4,10,12-15H2,1H3. The molecular weight excluding hydrogens is 286 g/mol. The number of nitrogens with one attached hydrogen (secondary N) is 1. The molecule has 2 aromatic rings. The van der Waals surface area contributed by atoms with Crippen LogP contribution < -0.4 is 10.1 Å². The predicted octanol–water partition coefficient (Wildman–Crippen LogP) is 2.67. The number of benzene rings is 1. The molecule has 3 rings (SSSR count). The van der Waals surface area contributed by atoms with Gasteiger partial charge in [-0.1, -0.05) is 18.2 Å². The number of aromatic nitrogens is 1. The fourth-order valence-corrected chi connectivity index (χ4v) is 3.18. The van der Waals surface area contributed by atoms with Crippen LogP contribution in [0.15, 0.2) is 48.7 Å². The van der Waals surface area contributed by atoms with Gasteiger partial charge in [0.2, 0.25) is 0 Å². The fourth-order valence-electron chi connectivity index (χ4n) is 3.18. The highest BCUT2D eigenvalue weighted by Gasteiger charge is 2.22. The van der Waals surface area contributed by atoms with Gasteiger partial charge in [0.05, 0.1) is 7.11 Å². The van der Waals surface area contributed by atoms with Crippen molar-refractivity contribution >= 4 is 0 Å². The van der Waals surface area contributed by atoms with Gasteiger partial charge < -0.3 is 10.1 Å². The van der Waals surface area contributed by atoms with Gasteiger partial charge in [-0.05, 0) is 42.8 Å². The predicted molar refractivity (Wildman–Crippen MR) is 92.7 cm³/mol. The number of pyridine rings is 1. The molecule has 0 radical (unpaired) electrons. The summed E-state index contributed by atoms with van der Waals surface area (Å²) < 4.78 is 5.30. The van der Waals surface area contributed by atoms with E-state index in [0.29, 0.717) is 6.04 Å². The molecule has 1 atom stereocenters. The molecule has 1 fully saturated rings. The number of ether oxygens (including phenoxy) is 1. The number of methoxy groups -OCH3 is 1. The van der Waals surface area contributed by atoms with Gasteiger partial charge >= 0.3 is 0 Å². The smallest absolute Gasteiger partial charge is 0.118 e. The zero-order valence-corrected chi connectivity index (χ0v) is 13.7. The van der Waals surface area contributed by atoms with Gasteiger partial charge in [-0.3, -0.25) is 9.88 Å². The number of hydrogen-bond acceptors (Lipinski definition) is 4. The molecule has 1 aliphatic rings. The Morgan fingerprint density at radius 1 is 1.13 bits per heavy atom. The first-order chi connectivity index (χ1) is 11.4. The van der Waals surface area contributed by atoms with Crippen LogP contribution in [0.2, 0.25) is 0 Å². The monoisotopic (exact) mass is 311 g/mol. The summed E-state index contributed by atoms with van der Waals surface area (Å²) in [6.07, 6.45) is 4.01. The summed E-state index contributed by atoms with van der Waals surface area (Å²) in [7, 11) is 1.71. The van der Waals surface area contributed by atoms with Crippen LogP contribution in [-0.2, 0) is 6.42 Å². The zero-order valence-electron chi connectivity index (χ0n) is 13.7. The van der Waals surface area contributed by atoms with Gasteiger partial charge in [-0.2, -0.15) is 0 Å². The molecule has 1 N–H and O–H groups in total. The van der Waals surface area contributed by atoms with E-state index in [0.717, 1.165) is 44.0 Å². The maximum atomic E-state index is 5.30. The molecule has 0 aliphatic carbocycles. The van der Waals surface area contributed by atoms with E-state index in [4.69, 9.17) is 4.74 Å². The first-order valence-corrected chi connectivity index (χ1v) is 8.35. The van der Waals surface area contributed by atoms with Gasteiger partial charge in [0.15, 0.2) is 0 Å². The Labute approximate surface area is 138 Å². The fraction of sp³-hybridized carbons (Fsp3) is 0.421. The third-order valence-electron chi connectivity index (χ3n) is 4.44. The average Bonchev–Trinajstić information content (AvgIpc) is 2.90. The third kappa shape index (κ3) is 4.30. The van der Waals surface area contributed by atoms with Crippen LogP contribution in [0.3, 0.4) is 0 Å². The lowest BCUT2D eigenvalue weighted by atomic mass is 9.99. The molecule has 1 saturated heterocycles. The van der Waals surface area contributed by atoms with Crippen molar-refractivity contribution in [1.82, 2.24) is 15.2 Å². The number of hydrogen-bond donors (Lipinski definition) is 1. The van der Waals surface area contributed by atoms with Gasteiger partial charge in [0.25, 0.3) is 0 Å². The van der Waals surface area contributed by atoms with Crippen LogP contribution in [0.1, 0.15) is 23.7 Å². The average molecular weight is 311 g/mol. The third-order valence-corrected chi connectivity index (χ3v) is 4.44. The lowest BCUT2D eigenvalue weighted by Crippen LogP contribution is -2.33. The Kier molecular flexibility index (Phi) is 5.61. The van der Waals surface area contributed by atoms with Crippen LogP contribution in [0.5, 0.6) is 5.75 Å². The van der Waals surface area contributed by atoms with E-state index in [2.05, 4.69) is 51.6 Å². The van der Waals surface area contributed by atoms with Crippen LogP contribution in [0.25, 0.3) is 0 Å². The molecule has 2 heterocycles. The highest BCUT2D eigenvalue weighted by molar-refractivity contribution is 5.30. The van der Waals surface area contributed by atoms with E-state index >= 15 is 0 Å². The van der Waals surface area contributed by atoms with Gasteiger partial charge in [-0.15, -0.1) is 0 Å². The van der Waals surface area contributed by atoms with E-state index in [9.17, 15) is 0 Å². The summed E-state index contributed by atoms with van der Waals surface area (Å²) >= 11 is 0. The van der Waals surface area contributed by atoms with Gasteiger partial charge in [0.1, 0.15) is 5.75 Å². The summed E-state index contributed by atoms with van der Waals surface area (Å²) in [5.74, 6) is 0.905. The van der Waals surface area contributed by atoms with E-state index in [1.165, 1.54) is 12.0 Å². The molecule has 1 aliphatic heterocycles. The Hall–Kier alpha value is -1.91. The molecule has 122 valence electrons. The highest BCUT2D eigenvalue weighted by Crippen LogP contribution is 2.26. The van der Waals surface area contributed by atoms with Crippen molar-refractivity contribution in [3.05, 3.63) is 59.9 Å². The second-order valence-corrected chi connectivity index (χ2v) is 5.95. The molecule has 0 spiro atoms. The molecular formula is C19H25N3O. The first-order valence-electron chi connectivity index (χ1n) is 8.35. The zero-order chi connectivity index (χ0) is 15.9. The van der Waals surface area contributed by atoms with Crippen molar-refractivity contribution in [3.8, 4) is 5.75 Å². The largest absolute Gasteiger partial charge is 0.497 e. The molecule has 1 unspecified atom stereocenters. The molecule has 1 aromatic heterocycles. The van der Waals surface area contributed by atoms with Crippen LogP contribution in [0, 0.1) is 0 Å². The summed E-state index contributed by atoms with van der Waals surface area (Å²) in [6.45, 7) is 4.35. The minimum Gasteiger partial charge on any atom is -0.497 e. The van der Waals surface area contributed by atoms with Gasteiger partial charge in [-0.25, -0.2) is 0 Å². The van der Waals surface area contributed by atoms with Crippen LogP contribution in [0.4, 0.5) is 0 Å². The Morgan fingerprint density at radius 2 is 2.00 bits per heavy atom. The normalized spacial score (nSPS) is 17.4. The molecule has 23 heavy (non-hydrogen) atoms. The van der Waals surface area contributed by atoms with Crippen molar-refractivity contribution < 1.29 is 4.74 Å². The Bertz CT molecular complexity index is 577. The maximum Gasteiger partial charge on any atom is 0.118 e. The van der Waals surface area contributed by atoms with Crippen molar-refractivity contribution in [2.24, 2.45) is 0 Å². The van der Waals surface area contributed by atoms with Crippen LogP contribution >= 0.6 is 0 Å². The quantitative estimate of drug-likeness (QED) is 0.921. The van der Waals surface area contributed by atoms with E-state index in [-0.39, 0.29) is 0 Å². The second kappa shape index (κ2) is 8.09. The van der Waals surface area contributed by atoms with Gasteiger partial charge in [0, 0.05) is 44.0 Å². The summed E-state index contributed by atoms with van der Waals surface area (Å²) in [6, 6.07) is 15.0. The molecule has 1 aromatic carbocycles. The lowest BCUT2D eigenvalue weighted by Gasteiger charge is -2.31. The summed E-state index contributed by atoms with van der Waals surface area (Å²) in [5.41, 5.74) is 2.48. The van der Waals surface area contributed by atoms with Crippen molar-refractivity contribution in [1.29, 1.82) is 0 Å². The van der Waals surface area contributed by atoms with Crippen molar-refractivity contribution in [2.45, 2.75) is 18.9 Å². The molecule has 4 heteroatoms. The highest BCUT2D eigenvalue weighted by atomic mass is 16.5. The van der Waals surface area contributed by atoms with E-state index in [1.54, 1.807) is 7.11 Å². The van der Waals surface area contributed by atoms with Crippen molar-refractivity contribution in [2.75, 3.05) is 33.3 Å². The SMILES string of the molecule is COc1ccc(C(Cc2ccccn2)N2CCCNCC2)cc1. The Balaban J connectivity index is 1.84. The molecule has 0 bridgehead atoms. The van der Waals surface area contributed by atoms with E-state index in [1.807, 2.05) is 12.3 Å². The molecule has 0 saturated carbocycles. The molecule has 0 amide bonds.